The maximum Gasteiger partial charge on any atom is 0.261 e. The molecule has 1 aromatic rings. The van der Waals surface area contributed by atoms with Crippen LogP contribution < -0.4 is 4.90 Å². The van der Waals surface area contributed by atoms with Crippen molar-refractivity contribution in [1.29, 1.82) is 0 Å². The van der Waals surface area contributed by atoms with Crippen molar-refractivity contribution in [3.8, 4) is 0 Å². The summed E-state index contributed by atoms with van der Waals surface area (Å²) in [6.07, 6.45) is 0. The molecule has 0 fully saturated rings. The highest BCUT2D eigenvalue weighted by atomic mass is 32.1. The van der Waals surface area contributed by atoms with E-state index in [4.69, 9.17) is 5.11 Å². The quantitative estimate of drug-likeness (QED) is 0.708. The van der Waals surface area contributed by atoms with Gasteiger partial charge in [0.05, 0.1) is 5.69 Å². The molecule has 0 aliphatic rings. The zero-order valence-electron chi connectivity index (χ0n) is 6.79. The molecule has 2 nitrogen and oxygen atoms in total. The monoisotopic (exact) mass is 203 g/mol. The highest BCUT2D eigenvalue weighted by Crippen LogP contribution is 2.19. The third-order valence-electron chi connectivity index (χ3n) is 1.56. The number of hydrogen-bond acceptors (Lipinski definition) is 1. The predicted molar refractivity (Wildman–Crippen MR) is 50.0 cm³/mol. The van der Waals surface area contributed by atoms with Gasteiger partial charge in [-0.3, -0.25) is 0 Å². The summed E-state index contributed by atoms with van der Waals surface area (Å²) in [6, 6.07) is 2.92. The van der Waals surface area contributed by atoms with Gasteiger partial charge in [0.1, 0.15) is 11.6 Å². The molecule has 0 aromatic heterocycles. The molecule has 0 radical (unpaired) electrons. The third-order valence-corrected chi connectivity index (χ3v) is 1.83. The fourth-order valence-corrected chi connectivity index (χ4v) is 0.944. The van der Waals surface area contributed by atoms with Gasteiger partial charge in [-0.1, -0.05) is 0 Å². The first kappa shape index (κ1) is 9.85. The van der Waals surface area contributed by atoms with Crippen molar-refractivity contribution in [3.63, 3.8) is 0 Å². The minimum Gasteiger partial charge on any atom is -0.486 e. The number of anilines is 1. The van der Waals surface area contributed by atoms with Crippen molar-refractivity contribution in [2.24, 2.45) is 0 Å². The molecule has 0 unspecified atom stereocenters. The van der Waals surface area contributed by atoms with E-state index in [9.17, 15) is 8.78 Å². The van der Waals surface area contributed by atoms with Crippen molar-refractivity contribution in [1.82, 2.24) is 0 Å². The number of nitrogens with zero attached hydrogens (tertiary/aromatic N) is 1. The molecule has 0 bridgehead atoms. The summed E-state index contributed by atoms with van der Waals surface area (Å²) in [4.78, 5) is 0.980. The second kappa shape index (κ2) is 3.66. The lowest BCUT2D eigenvalue weighted by Crippen LogP contribution is -2.24. The Hall–Kier alpha value is -1.23. The van der Waals surface area contributed by atoms with E-state index in [1.807, 2.05) is 0 Å². The van der Waals surface area contributed by atoms with E-state index in [0.717, 1.165) is 23.1 Å². The van der Waals surface area contributed by atoms with Gasteiger partial charge in [0.2, 0.25) is 0 Å². The Morgan fingerprint density at radius 1 is 1.46 bits per heavy atom. The summed E-state index contributed by atoms with van der Waals surface area (Å²) in [5.41, 5.74) is -0.0903. The molecule has 0 amide bonds. The van der Waals surface area contributed by atoms with Gasteiger partial charge in [0.25, 0.3) is 5.17 Å². The molecule has 1 rings (SSSR count). The number of hydrogen-bond donors (Lipinski definition) is 1. The molecular weight excluding hydrogens is 196 g/mol. The van der Waals surface area contributed by atoms with E-state index >= 15 is 0 Å². The summed E-state index contributed by atoms with van der Waals surface area (Å²) in [5, 5.41) is 8.35. The molecule has 1 aromatic carbocycles. The number of rotatable bonds is 1. The maximum absolute atomic E-state index is 13.0. The van der Waals surface area contributed by atoms with Crippen molar-refractivity contribution < 1.29 is 13.9 Å². The number of halogens is 2. The molecule has 70 valence electrons. The molecule has 0 saturated carbocycles. The molecular formula is C8H7F2NOS. The number of thiocarbonyl (C=S) groups is 1. The third kappa shape index (κ3) is 2.12. The van der Waals surface area contributed by atoms with Gasteiger partial charge in [-0.15, -0.1) is 0 Å². The Labute approximate surface area is 79.4 Å². The molecule has 0 heterocycles. The highest BCUT2D eigenvalue weighted by Gasteiger charge is 2.11. The molecule has 0 aliphatic carbocycles. The first-order valence-corrected chi connectivity index (χ1v) is 3.85. The van der Waals surface area contributed by atoms with E-state index in [1.54, 1.807) is 0 Å². The van der Waals surface area contributed by atoms with Crippen LogP contribution in [0.15, 0.2) is 18.2 Å². The van der Waals surface area contributed by atoms with Crippen molar-refractivity contribution in [3.05, 3.63) is 29.8 Å². The average molecular weight is 203 g/mol. The average Bonchev–Trinajstić information content (AvgIpc) is 2.08. The van der Waals surface area contributed by atoms with Gasteiger partial charge in [0.15, 0.2) is 0 Å². The van der Waals surface area contributed by atoms with Gasteiger partial charge in [-0.25, -0.2) is 8.78 Å². The second-order valence-corrected chi connectivity index (χ2v) is 2.80. The van der Waals surface area contributed by atoms with E-state index < -0.39 is 16.8 Å². The van der Waals surface area contributed by atoms with E-state index in [2.05, 4.69) is 12.2 Å². The minimum atomic E-state index is -0.639. The molecule has 0 saturated heterocycles. The Kier molecular flexibility index (Phi) is 2.77. The van der Waals surface area contributed by atoms with Crippen molar-refractivity contribution in [2.75, 3.05) is 11.9 Å². The van der Waals surface area contributed by atoms with Crippen LogP contribution in [-0.4, -0.2) is 17.3 Å². The number of aliphatic hydroxyl groups is 1. The predicted octanol–water partition coefficient (Wildman–Crippen LogP) is 2.24. The Balaban J connectivity index is 3.12. The van der Waals surface area contributed by atoms with Gasteiger partial charge in [0, 0.05) is 13.1 Å². The van der Waals surface area contributed by atoms with Crippen LogP contribution in [0.1, 0.15) is 0 Å². The topological polar surface area (TPSA) is 23.5 Å². The zero-order valence-corrected chi connectivity index (χ0v) is 7.61. The van der Waals surface area contributed by atoms with Gasteiger partial charge < -0.3 is 10.0 Å². The maximum atomic E-state index is 13.0. The zero-order chi connectivity index (χ0) is 10.0. The van der Waals surface area contributed by atoms with E-state index in [1.165, 1.54) is 7.05 Å². The Morgan fingerprint density at radius 3 is 2.62 bits per heavy atom. The molecule has 0 atom stereocenters. The fourth-order valence-electron chi connectivity index (χ4n) is 0.846. The summed E-state index contributed by atoms with van der Waals surface area (Å²) >= 11 is 4.40. The summed E-state index contributed by atoms with van der Waals surface area (Å²) in [6.45, 7) is 0. The first-order chi connectivity index (χ1) is 6.02. The summed E-state index contributed by atoms with van der Waals surface area (Å²) in [7, 11) is 1.35. The summed E-state index contributed by atoms with van der Waals surface area (Å²) < 4.78 is 25.7. The lowest BCUT2D eigenvalue weighted by molar-refractivity contribution is 0.548. The van der Waals surface area contributed by atoms with Crippen LogP contribution in [0.5, 0.6) is 0 Å². The van der Waals surface area contributed by atoms with Crippen molar-refractivity contribution in [2.45, 2.75) is 0 Å². The lowest BCUT2D eigenvalue weighted by atomic mass is 10.3. The number of benzene rings is 1. The van der Waals surface area contributed by atoms with Crippen LogP contribution in [-0.2, 0) is 0 Å². The molecule has 0 aliphatic heterocycles. The number of aliphatic hydroxyl groups excluding tert-OH is 1. The second-order valence-electron chi connectivity index (χ2n) is 2.44. The Morgan fingerprint density at radius 2 is 2.08 bits per heavy atom. The van der Waals surface area contributed by atoms with Gasteiger partial charge in [-0.2, -0.15) is 0 Å². The molecule has 0 spiro atoms. The van der Waals surface area contributed by atoms with Gasteiger partial charge in [-0.05, 0) is 24.4 Å². The highest BCUT2D eigenvalue weighted by molar-refractivity contribution is 7.80. The van der Waals surface area contributed by atoms with Crippen LogP contribution in [0, 0.1) is 11.6 Å². The molecule has 5 heteroatoms. The summed E-state index contributed by atoms with van der Waals surface area (Å²) in [5.74, 6) is -1.22. The van der Waals surface area contributed by atoms with Crippen LogP contribution >= 0.6 is 12.2 Å². The first-order valence-electron chi connectivity index (χ1n) is 3.44. The minimum absolute atomic E-state index is 0.0903. The molecule has 13 heavy (non-hydrogen) atoms. The van der Waals surface area contributed by atoms with E-state index in [0.29, 0.717) is 0 Å². The lowest BCUT2D eigenvalue weighted by Gasteiger charge is -2.15. The smallest absolute Gasteiger partial charge is 0.261 e. The van der Waals surface area contributed by atoms with Crippen LogP contribution in [0.25, 0.3) is 0 Å². The molecule has 1 N–H and O–H groups in total. The fraction of sp³-hybridized carbons (Fsp3) is 0.125. The largest absolute Gasteiger partial charge is 0.486 e. The van der Waals surface area contributed by atoms with Crippen LogP contribution in [0.4, 0.5) is 14.5 Å². The van der Waals surface area contributed by atoms with Gasteiger partial charge >= 0.3 is 0 Å². The Bertz CT molecular complexity index is 343. The van der Waals surface area contributed by atoms with Crippen molar-refractivity contribution >= 4 is 23.1 Å². The normalized spacial score (nSPS) is 9.77. The SMILES string of the molecule is CN(C(O)=S)c1cc(F)ccc1F. The standard InChI is InChI=1S/C8H7F2NOS/c1-11(8(12)13)7-4-5(9)2-3-6(7)10/h2-4H,1H3,(H,12,13). The van der Waals surface area contributed by atoms with Crippen LogP contribution in [0.3, 0.4) is 0 Å². The van der Waals surface area contributed by atoms with Crippen LogP contribution in [0.2, 0.25) is 0 Å². The van der Waals surface area contributed by atoms with E-state index in [-0.39, 0.29) is 5.69 Å².